The molecule has 1 atom stereocenters. The van der Waals surface area contributed by atoms with Crippen molar-refractivity contribution < 1.29 is 4.79 Å². The highest BCUT2D eigenvalue weighted by Gasteiger charge is 2.32. The average molecular weight is 423 g/mol. The van der Waals surface area contributed by atoms with E-state index in [1.807, 2.05) is 56.0 Å². The van der Waals surface area contributed by atoms with Crippen LogP contribution in [0.25, 0.3) is 0 Å². The van der Waals surface area contributed by atoms with E-state index in [0.29, 0.717) is 30.8 Å². The van der Waals surface area contributed by atoms with Crippen molar-refractivity contribution in [2.24, 2.45) is 0 Å². The Bertz CT molecular complexity index is 1120. The molecule has 0 unspecified atom stereocenters. The summed E-state index contributed by atoms with van der Waals surface area (Å²) in [5.74, 6) is 0.662. The number of nitrogens with one attached hydrogen (secondary N) is 1. The van der Waals surface area contributed by atoms with Crippen molar-refractivity contribution >= 4 is 17.2 Å². The Labute approximate surface area is 180 Å². The minimum absolute atomic E-state index is 0.0675. The quantitative estimate of drug-likeness (QED) is 0.681. The molecule has 0 radical (unpaired) electrons. The van der Waals surface area contributed by atoms with Gasteiger partial charge in [0.25, 0.3) is 5.56 Å². The molecule has 6 nitrogen and oxygen atoms in total. The third kappa shape index (κ3) is 4.21. The maximum absolute atomic E-state index is 13.0. The number of nitrogens with zero attached hydrogens (tertiary/aromatic N) is 3. The number of benzene rings is 1. The van der Waals surface area contributed by atoms with Gasteiger partial charge in [-0.25, -0.2) is 9.97 Å². The Hall–Kier alpha value is -2.80. The molecule has 1 aromatic carbocycles. The Balaban J connectivity index is 1.56. The fourth-order valence-electron chi connectivity index (χ4n) is 4.12. The van der Waals surface area contributed by atoms with Gasteiger partial charge in [0.1, 0.15) is 5.82 Å². The molecule has 1 amide bonds. The van der Waals surface area contributed by atoms with Gasteiger partial charge < -0.3 is 9.88 Å². The molecular weight excluding hydrogens is 396 g/mol. The Morgan fingerprint density at radius 2 is 1.93 bits per heavy atom. The molecule has 7 heteroatoms. The second-order valence-electron chi connectivity index (χ2n) is 7.84. The molecular formula is C23H26N4O2S. The lowest BCUT2D eigenvalue weighted by molar-refractivity contribution is -0.131. The summed E-state index contributed by atoms with van der Waals surface area (Å²) in [6, 6.07) is 9.73. The largest absolute Gasteiger partial charge is 0.332 e. The van der Waals surface area contributed by atoms with E-state index >= 15 is 0 Å². The molecule has 1 N–H and O–H groups in total. The summed E-state index contributed by atoms with van der Waals surface area (Å²) in [4.78, 5) is 40.8. The van der Waals surface area contributed by atoms with Crippen LogP contribution in [-0.2, 0) is 17.6 Å². The summed E-state index contributed by atoms with van der Waals surface area (Å²) in [7, 11) is 0. The number of likely N-dealkylation sites (tertiary alicyclic amines) is 1. The van der Waals surface area contributed by atoms with E-state index in [4.69, 9.17) is 4.98 Å². The number of carbonyl (C=O) groups is 1. The minimum Gasteiger partial charge on any atom is -0.332 e. The van der Waals surface area contributed by atoms with Crippen molar-refractivity contribution in [3.05, 3.63) is 78.9 Å². The zero-order valence-electron chi connectivity index (χ0n) is 17.6. The predicted molar refractivity (Wildman–Crippen MR) is 118 cm³/mol. The van der Waals surface area contributed by atoms with Gasteiger partial charge in [0.2, 0.25) is 5.91 Å². The first-order valence-electron chi connectivity index (χ1n) is 10.3. The highest BCUT2D eigenvalue weighted by molar-refractivity contribution is 7.11. The zero-order chi connectivity index (χ0) is 21.3. The highest BCUT2D eigenvalue weighted by Crippen LogP contribution is 2.31. The van der Waals surface area contributed by atoms with Crippen LogP contribution in [0, 0.1) is 20.8 Å². The second kappa shape index (κ2) is 8.52. The fraction of sp³-hybridized carbons (Fsp3) is 0.391. The van der Waals surface area contributed by atoms with Crippen LogP contribution in [0.5, 0.6) is 0 Å². The van der Waals surface area contributed by atoms with E-state index in [1.165, 1.54) is 0 Å². The van der Waals surface area contributed by atoms with E-state index < -0.39 is 0 Å². The van der Waals surface area contributed by atoms with Gasteiger partial charge in [-0.2, -0.15) is 0 Å². The maximum Gasteiger partial charge on any atom is 0.254 e. The van der Waals surface area contributed by atoms with E-state index in [9.17, 15) is 9.59 Å². The average Bonchev–Trinajstić information content (AvgIpc) is 3.32. The summed E-state index contributed by atoms with van der Waals surface area (Å²) < 4.78 is 0. The van der Waals surface area contributed by atoms with Crippen molar-refractivity contribution in [2.45, 2.75) is 52.5 Å². The molecule has 1 saturated heterocycles. The number of aromatic nitrogens is 3. The molecule has 0 saturated carbocycles. The number of H-pyrrole nitrogens is 1. The van der Waals surface area contributed by atoms with Gasteiger partial charge >= 0.3 is 0 Å². The lowest BCUT2D eigenvalue weighted by Crippen LogP contribution is -2.34. The molecule has 3 aromatic rings. The molecule has 4 rings (SSSR count). The topological polar surface area (TPSA) is 79.0 Å². The molecule has 1 fully saturated rings. The molecule has 0 bridgehead atoms. The summed E-state index contributed by atoms with van der Waals surface area (Å²) in [6.07, 6.45) is 2.62. The van der Waals surface area contributed by atoms with Crippen LogP contribution in [0.15, 0.2) is 35.1 Å². The molecule has 1 aliphatic rings. The minimum atomic E-state index is -0.177. The first-order valence-corrected chi connectivity index (χ1v) is 11.1. The standard InChI is InChI=1S/C23H26N4O2S/c1-14-18(12-17-8-5-4-6-9-17)23(29)26-22(25-14)19-10-7-11-27(19)21(28)13-20-15(2)24-16(3)30-20/h4-6,8-9,19H,7,10-13H2,1-3H3,(H,25,26,29)/t19-/m1/s1. The van der Waals surface area contributed by atoms with Crippen molar-refractivity contribution in [3.63, 3.8) is 0 Å². The summed E-state index contributed by atoms with van der Waals surface area (Å²) in [6.45, 7) is 6.47. The predicted octanol–water partition coefficient (Wildman–Crippen LogP) is 3.65. The van der Waals surface area contributed by atoms with Gasteiger partial charge in [0, 0.05) is 29.1 Å². The molecule has 0 aliphatic carbocycles. The first-order chi connectivity index (χ1) is 14.4. The zero-order valence-corrected chi connectivity index (χ0v) is 18.4. The lowest BCUT2D eigenvalue weighted by atomic mass is 10.0. The molecule has 2 aromatic heterocycles. The number of amides is 1. The number of rotatable bonds is 5. The number of aryl methyl sites for hydroxylation is 3. The molecule has 1 aliphatic heterocycles. The number of thiazole rings is 1. The smallest absolute Gasteiger partial charge is 0.254 e. The number of hydrogen-bond donors (Lipinski definition) is 1. The maximum atomic E-state index is 13.0. The number of carbonyl (C=O) groups excluding carboxylic acids is 1. The summed E-state index contributed by atoms with van der Waals surface area (Å²) in [5, 5.41) is 0.976. The van der Waals surface area contributed by atoms with Gasteiger partial charge in [-0.05, 0) is 39.2 Å². The van der Waals surface area contributed by atoms with E-state index in [0.717, 1.165) is 39.7 Å². The summed E-state index contributed by atoms with van der Waals surface area (Å²) in [5.41, 5.74) is 3.29. The molecule has 156 valence electrons. The molecule has 3 heterocycles. The van der Waals surface area contributed by atoms with Crippen molar-refractivity contribution in [2.75, 3.05) is 6.54 Å². The third-order valence-corrected chi connectivity index (χ3v) is 6.74. The van der Waals surface area contributed by atoms with Crippen molar-refractivity contribution in [3.8, 4) is 0 Å². The molecule has 30 heavy (non-hydrogen) atoms. The Kier molecular flexibility index (Phi) is 5.81. The van der Waals surface area contributed by atoms with Crippen molar-refractivity contribution in [1.29, 1.82) is 0 Å². The fourth-order valence-corrected chi connectivity index (χ4v) is 5.05. The van der Waals surface area contributed by atoms with Gasteiger partial charge in [0.05, 0.1) is 23.2 Å². The van der Waals surface area contributed by atoms with Gasteiger partial charge in [-0.1, -0.05) is 30.3 Å². The van der Waals surface area contributed by atoms with Crippen LogP contribution in [0.2, 0.25) is 0 Å². The van der Waals surface area contributed by atoms with Crippen LogP contribution >= 0.6 is 11.3 Å². The molecule has 0 spiro atoms. The SMILES string of the molecule is Cc1nc(C)c(CC(=O)N2CCC[C@@H]2c2nc(C)c(Cc3ccccc3)c(=O)[nH]2)s1. The first kappa shape index (κ1) is 20.5. The third-order valence-electron chi connectivity index (χ3n) is 5.66. The lowest BCUT2D eigenvalue weighted by Gasteiger charge is -2.24. The van der Waals surface area contributed by atoms with E-state index in [-0.39, 0.29) is 17.5 Å². The van der Waals surface area contributed by atoms with Crippen LogP contribution in [0.4, 0.5) is 0 Å². The van der Waals surface area contributed by atoms with E-state index in [2.05, 4.69) is 9.97 Å². The second-order valence-corrected chi connectivity index (χ2v) is 9.13. The monoisotopic (exact) mass is 422 g/mol. The Morgan fingerprint density at radius 3 is 2.60 bits per heavy atom. The Morgan fingerprint density at radius 1 is 1.17 bits per heavy atom. The normalized spacial score (nSPS) is 16.2. The van der Waals surface area contributed by atoms with Crippen LogP contribution < -0.4 is 5.56 Å². The highest BCUT2D eigenvalue weighted by atomic mass is 32.1. The van der Waals surface area contributed by atoms with Crippen molar-refractivity contribution in [1.82, 2.24) is 19.9 Å². The van der Waals surface area contributed by atoms with Gasteiger partial charge in [-0.3, -0.25) is 9.59 Å². The summed E-state index contributed by atoms with van der Waals surface area (Å²) >= 11 is 1.57. The van der Waals surface area contributed by atoms with Crippen LogP contribution in [0.3, 0.4) is 0 Å². The van der Waals surface area contributed by atoms with E-state index in [1.54, 1.807) is 11.3 Å². The number of aromatic amines is 1. The van der Waals surface area contributed by atoms with Crippen LogP contribution in [-0.4, -0.2) is 32.3 Å². The van der Waals surface area contributed by atoms with Gasteiger partial charge in [-0.15, -0.1) is 11.3 Å². The number of hydrogen-bond acceptors (Lipinski definition) is 5. The van der Waals surface area contributed by atoms with Gasteiger partial charge in [0.15, 0.2) is 0 Å². The van der Waals surface area contributed by atoms with Crippen LogP contribution in [0.1, 0.15) is 57.1 Å².